The lowest BCUT2D eigenvalue weighted by Crippen LogP contribution is -2.17. The van der Waals surface area contributed by atoms with Crippen LogP contribution in [0.15, 0.2) is 102 Å². The molecule has 204 valence electrons. The highest BCUT2D eigenvalue weighted by atomic mass is 16.6. The molecule has 8 heteroatoms. The molecule has 0 heterocycles. The number of benzene rings is 4. The highest BCUT2D eigenvalue weighted by molar-refractivity contribution is 5.95. The van der Waals surface area contributed by atoms with Crippen molar-refractivity contribution in [2.45, 2.75) is 20.5 Å². The van der Waals surface area contributed by atoms with E-state index < -0.39 is 5.97 Å². The summed E-state index contributed by atoms with van der Waals surface area (Å²) in [6.07, 6.45) is 1.48. The molecule has 0 aliphatic rings. The van der Waals surface area contributed by atoms with E-state index in [9.17, 15) is 9.59 Å². The van der Waals surface area contributed by atoms with Crippen LogP contribution in [0.2, 0.25) is 0 Å². The number of hydrogen-bond donors (Lipinski definition) is 1. The number of hydrogen-bond acceptors (Lipinski definition) is 7. The molecule has 1 amide bonds. The molecule has 4 aromatic carbocycles. The maximum atomic E-state index is 12.6. The maximum Gasteiger partial charge on any atom is 0.343 e. The van der Waals surface area contributed by atoms with Gasteiger partial charge in [0, 0.05) is 5.56 Å². The van der Waals surface area contributed by atoms with Gasteiger partial charge in [-0.25, -0.2) is 10.2 Å². The van der Waals surface area contributed by atoms with Crippen LogP contribution in [-0.4, -0.2) is 31.3 Å². The fourth-order valence-corrected chi connectivity index (χ4v) is 3.64. The number of nitrogens with zero attached hydrogens (tertiary/aromatic N) is 1. The van der Waals surface area contributed by atoms with Gasteiger partial charge in [0.15, 0.2) is 11.5 Å². The Morgan fingerprint density at radius 2 is 1.38 bits per heavy atom. The molecule has 0 spiro atoms. The molecule has 0 fully saturated rings. The lowest BCUT2D eigenvalue weighted by Gasteiger charge is -2.11. The minimum Gasteiger partial charge on any atom is -0.494 e. The first-order valence-corrected chi connectivity index (χ1v) is 12.9. The second-order valence-electron chi connectivity index (χ2n) is 8.48. The summed E-state index contributed by atoms with van der Waals surface area (Å²) in [4.78, 5) is 25.1. The lowest BCUT2D eigenvalue weighted by atomic mass is 10.2. The molecule has 0 aliphatic carbocycles. The van der Waals surface area contributed by atoms with E-state index in [4.69, 9.17) is 18.9 Å². The van der Waals surface area contributed by atoms with Gasteiger partial charge < -0.3 is 18.9 Å². The fourth-order valence-electron chi connectivity index (χ4n) is 3.64. The Bertz CT molecular complexity index is 1430. The molecule has 4 aromatic rings. The largest absolute Gasteiger partial charge is 0.494 e. The average molecular weight is 539 g/mol. The summed E-state index contributed by atoms with van der Waals surface area (Å²) in [5, 5.41) is 4.05. The number of carbonyl (C=O) groups is 2. The number of ether oxygens (including phenoxy) is 4. The zero-order valence-electron chi connectivity index (χ0n) is 22.3. The van der Waals surface area contributed by atoms with Gasteiger partial charge >= 0.3 is 5.97 Å². The monoisotopic (exact) mass is 538 g/mol. The van der Waals surface area contributed by atoms with Crippen molar-refractivity contribution in [3.8, 4) is 23.0 Å². The summed E-state index contributed by atoms with van der Waals surface area (Å²) in [5.74, 6) is 1.11. The summed E-state index contributed by atoms with van der Waals surface area (Å²) in [7, 11) is 0. The second kappa shape index (κ2) is 14.2. The van der Waals surface area contributed by atoms with Crippen molar-refractivity contribution in [3.05, 3.63) is 119 Å². The molecular weight excluding hydrogens is 508 g/mol. The third-order valence-electron chi connectivity index (χ3n) is 5.62. The normalized spacial score (nSPS) is 10.7. The molecule has 4 rings (SSSR count). The molecule has 0 aliphatic heterocycles. The Labute approximate surface area is 233 Å². The van der Waals surface area contributed by atoms with E-state index in [0.717, 1.165) is 5.56 Å². The molecular formula is C32H30N2O6. The molecule has 0 bridgehead atoms. The third kappa shape index (κ3) is 7.94. The molecule has 8 nitrogen and oxygen atoms in total. The standard InChI is InChI=1S/C32H30N2O6/c1-3-37-27-17-13-26(14-18-27)32(36)40-29-19-10-24(20-30(29)38-4-2)21-33-34-31(35)25-11-15-28(16-12-25)39-22-23-8-6-5-7-9-23/h5-21H,3-4,22H2,1-2H3,(H,34,35)/b33-21+. The minimum absolute atomic E-state index is 0.275. The van der Waals surface area contributed by atoms with Crippen LogP contribution in [-0.2, 0) is 6.61 Å². The quantitative estimate of drug-likeness (QED) is 0.102. The van der Waals surface area contributed by atoms with Crippen molar-refractivity contribution < 1.29 is 28.5 Å². The van der Waals surface area contributed by atoms with Crippen LogP contribution < -0.4 is 24.4 Å². The number of rotatable bonds is 12. The van der Waals surface area contributed by atoms with E-state index in [1.165, 1.54) is 6.21 Å². The summed E-state index contributed by atoms with van der Waals surface area (Å²) in [6, 6.07) is 28.4. The van der Waals surface area contributed by atoms with Crippen molar-refractivity contribution in [3.63, 3.8) is 0 Å². The van der Waals surface area contributed by atoms with Crippen LogP contribution in [0.5, 0.6) is 23.0 Å². The van der Waals surface area contributed by atoms with Crippen LogP contribution >= 0.6 is 0 Å². The lowest BCUT2D eigenvalue weighted by molar-refractivity contribution is 0.0728. The Morgan fingerprint density at radius 3 is 2.05 bits per heavy atom. The number of carbonyl (C=O) groups excluding carboxylic acids is 2. The average Bonchev–Trinajstić information content (AvgIpc) is 2.99. The first-order chi connectivity index (χ1) is 19.6. The van der Waals surface area contributed by atoms with Gasteiger partial charge in [-0.05, 0) is 91.7 Å². The molecule has 0 aromatic heterocycles. The Morgan fingerprint density at radius 1 is 0.725 bits per heavy atom. The van der Waals surface area contributed by atoms with Crippen LogP contribution in [0.3, 0.4) is 0 Å². The SMILES string of the molecule is CCOc1ccc(C(=O)Oc2ccc(/C=N/NC(=O)c3ccc(OCc4ccccc4)cc3)cc2OCC)cc1. The van der Waals surface area contributed by atoms with Crippen molar-refractivity contribution >= 4 is 18.1 Å². The van der Waals surface area contributed by atoms with Crippen molar-refractivity contribution in [2.75, 3.05) is 13.2 Å². The summed E-state index contributed by atoms with van der Waals surface area (Å²) >= 11 is 0. The topological polar surface area (TPSA) is 95.5 Å². The molecule has 0 saturated heterocycles. The highest BCUT2D eigenvalue weighted by Gasteiger charge is 2.14. The van der Waals surface area contributed by atoms with Gasteiger partial charge in [0.25, 0.3) is 5.91 Å². The van der Waals surface area contributed by atoms with Gasteiger partial charge in [0.1, 0.15) is 18.1 Å². The number of esters is 1. The van der Waals surface area contributed by atoms with E-state index >= 15 is 0 Å². The molecule has 1 N–H and O–H groups in total. The summed E-state index contributed by atoms with van der Waals surface area (Å²) in [5.41, 5.74) is 5.04. The predicted octanol–water partition coefficient (Wildman–Crippen LogP) is 6.05. The van der Waals surface area contributed by atoms with Crippen molar-refractivity contribution in [1.29, 1.82) is 0 Å². The van der Waals surface area contributed by atoms with Gasteiger partial charge in [-0.2, -0.15) is 5.10 Å². The summed E-state index contributed by atoms with van der Waals surface area (Å²) < 4.78 is 22.4. The number of nitrogens with one attached hydrogen (secondary N) is 1. The smallest absolute Gasteiger partial charge is 0.343 e. The molecule has 0 saturated carbocycles. The van der Waals surface area contributed by atoms with Gasteiger partial charge in [-0.1, -0.05) is 30.3 Å². The van der Waals surface area contributed by atoms with Crippen molar-refractivity contribution in [1.82, 2.24) is 5.43 Å². The van der Waals surface area contributed by atoms with Gasteiger partial charge in [-0.3, -0.25) is 4.79 Å². The highest BCUT2D eigenvalue weighted by Crippen LogP contribution is 2.29. The van der Waals surface area contributed by atoms with Crippen LogP contribution in [0.4, 0.5) is 0 Å². The van der Waals surface area contributed by atoms with Crippen LogP contribution in [0.1, 0.15) is 45.7 Å². The Hall–Kier alpha value is -5.11. The zero-order chi connectivity index (χ0) is 28.2. The molecule has 0 unspecified atom stereocenters. The van der Waals surface area contributed by atoms with Crippen LogP contribution in [0.25, 0.3) is 0 Å². The van der Waals surface area contributed by atoms with E-state index in [1.807, 2.05) is 44.2 Å². The molecule has 0 radical (unpaired) electrons. The molecule has 0 atom stereocenters. The third-order valence-corrected chi connectivity index (χ3v) is 5.62. The first kappa shape index (κ1) is 27.9. The molecule has 40 heavy (non-hydrogen) atoms. The first-order valence-electron chi connectivity index (χ1n) is 12.9. The number of amides is 1. The minimum atomic E-state index is -0.519. The summed E-state index contributed by atoms with van der Waals surface area (Å²) in [6.45, 7) is 5.08. The van der Waals surface area contributed by atoms with E-state index in [2.05, 4.69) is 10.5 Å². The van der Waals surface area contributed by atoms with E-state index in [1.54, 1.807) is 66.7 Å². The predicted molar refractivity (Wildman–Crippen MR) is 152 cm³/mol. The Balaban J connectivity index is 1.33. The number of hydrazone groups is 1. The second-order valence-corrected chi connectivity index (χ2v) is 8.48. The van der Waals surface area contributed by atoms with Gasteiger partial charge in [0.05, 0.1) is 25.0 Å². The van der Waals surface area contributed by atoms with Gasteiger partial charge in [-0.15, -0.1) is 0 Å². The fraction of sp³-hybridized carbons (Fsp3) is 0.156. The maximum absolute atomic E-state index is 12.6. The van der Waals surface area contributed by atoms with Crippen LogP contribution in [0, 0.1) is 0 Å². The van der Waals surface area contributed by atoms with Crippen molar-refractivity contribution in [2.24, 2.45) is 5.10 Å². The van der Waals surface area contributed by atoms with Gasteiger partial charge in [0.2, 0.25) is 0 Å². The Kier molecular flexibility index (Phi) is 9.88. The van der Waals surface area contributed by atoms with E-state index in [0.29, 0.717) is 53.8 Å². The zero-order valence-corrected chi connectivity index (χ0v) is 22.3. The van der Waals surface area contributed by atoms with E-state index in [-0.39, 0.29) is 11.7 Å².